The average Bonchev–Trinajstić information content (AvgIpc) is 2.44. The Hall–Kier alpha value is -2.83. The van der Waals surface area contributed by atoms with E-state index in [-0.39, 0.29) is 16.8 Å². The Balaban J connectivity index is 2.55. The number of ether oxygens (including phenoxy) is 1. The number of carbonyl (C=O) groups is 1. The average molecular weight is 276 g/mol. The summed E-state index contributed by atoms with van der Waals surface area (Å²) in [6.45, 7) is 0. The quantitative estimate of drug-likeness (QED) is 0.617. The number of nitrogens with one attached hydrogen (secondary N) is 1. The third kappa shape index (κ3) is 2.46. The lowest BCUT2D eigenvalue weighted by atomic mass is 10.1. The fourth-order valence-corrected chi connectivity index (χ4v) is 1.83. The first kappa shape index (κ1) is 13.6. The molecule has 1 aromatic carbocycles. The molecule has 0 radical (unpaired) electrons. The molecule has 0 bridgehead atoms. The van der Waals surface area contributed by atoms with E-state index in [9.17, 15) is 14.8 Å². The maximum Gasteiger partial charge on any atom is 0.411 e. The molecule has 0 aliphatic carbocycles. The highest BCUT2D eigenvalue weighted by Crippen LogP contribution is 2.10. The first-order valence-corrected chi connectivity index (χ1v) is 5.74. The molecule has 2 N–H and O–H groups in total. The monoisotopic (exact) mass is 276 g/mol. The van der Waals surface area contributed by atoms with E-state index in [4.69, 9.17) is 9.84 Å². The Bertz CT molecular complexity index is 694. The molecule has 0 atom stereocenters. The van der Waals surface area contributed by atoms with E-state index >= 15 is 0 Å². The Labute approximate surface area is 113 Å². The zero-order valence-electron chi connectivity index (χ0n) is 10.6. The van der Waals surface area contributed by atoms with Crippen LogP contribution in [-0.2, 0) is 6.42 Å². The number of aromatic amines is 1. The van der Waals surface area contributed by atoms with Crippen molar-refractivity contribution < 1.29 is 19.4 Å². The van der Waals surface area contributed by atoms with Crippen LogP contribution in [0.3, 0.4) is 0 Å². The van der Waals surface area contributed by atoms with Gasteiger partial charge in [0.2, 0.25) is 5.69 Å². The summed E-state index contributed by atoms with van der Waals surface area (Å²) in [5.41, 5.74) is -0.683. The number of benzene rings is 1. The van der Waals surface area contributed by atoms with Gasteiger partial charge in [0.25, 0.3) is 5.69 Å². The van der Waals surface area contributed by atoms with E-state index in [2.05, 4.69) is 4.98 Å². The fraction of sp³-hybridized carbons (Fsp3) is 0.154. The first-order chi connectivity index (χ1) is 9.54. The normalized spacial score (nSPS) is 10.2. The minimum absolute atomic E-state index is 0.0793. The topological polar surface area (TPSA) is 106 Å². The highest BCUT2D eigenvalue weighted by atomic mass is 16.5. The van der Waals surface area contributed by atoms with E-state index in [1.165, 1.54) is 7.11 Å². The second-order valence-corrected chi connectivity index (χ2v) is 4.05. The summed E-state index contributed by atoms with van der Waals surface area (Å²) in [5.74, 6) is -1.88. The Kier molecular flexibility index (Phi) is 3.69. The van der Waals surface area contributed by atoms with E-state index in [1.54, 1.807) is 24.3 Å². The summed E-state index contributed by atoms with van der Waals surface area (Å²) in [6.07, 6.45) is 0.0793. The van der Waals surface area contributed by atoms with Crippen LogP contribution in [0.25, 0.3) is 0 Å². The van der Waals surface area contributed by atoms with Crippen molar-refractivity contribution in [1.82, 2.24) is 4.98 Å². The van der Waals surface area contributed by atoms with Gasteiger partial charge >= 0.3 is 17.4 Å². The van der Waals surface area contributed by atoms with Crippen LogP contribution in [0, 0.1) is 5.21 Å². The third-order valence-electron chi connectivity index (χ3n) is 2.77. The van der Waals surface area contributed by atoms with Crippen molar-refractivity contribution in [3.8, 4) is 5.88 Å². The lowest BCUT2D eigenvalue weighted by Crippen LogP contribution is -2.43. The highest BCUT2D eigenvalue weighted by Gasteiger charge is 2.26. The number of aromatic carboxylic acids is 1. The predicted octanol–water partition coefficient (Wildman–Crippen LogP) is 0.306. The number of carboxylic acid groups (broad SMARTS) is 1. The van der Waals surface area contributed by atoms with Crippen LogP contribution in [0.5, 0.6) is 5.88 Å². The van der Waals surface area contributed by atoms with E-state index < -0.39 is 23.1 Å². The summed E-state index contributed by atoms with van der Waals surface area (Å²) in [6, 6.07) is 8.89. The first-order valence-electron chi connectivity index (χ1n) is 5.74. The Morgan fingerprint density at radius 1 is 1.40 bits per heavy atom. The van der Waals surface area contributed by atoms with Crippen LogP contribution in [0.2, 0.25) is 0 Å². The molecule has 7 heteroatoms. The van der Waals surface area contributed by atoms with Crippen LogP contribution >= 0.6 is 0 Å². The van der Waals surface area contributed by atoms with E-state index in [0.29, 0.717) is 0 Å². The van der Waals surface area contributed by atoms with Crippen molar-refractivity contribution in [2.75, 3.05) is 7.11 Å². The van der Waals surface area contributed by atoms with Gasteiger partial charge in [-0.25, -0.2) is 4.79 Å². The molecule has 7 nitrogen and oxygen atoms in total. The van der Waals surface area contributed by atoms with Crippen LogP contribution in [-0.4, -0.2) is 23.2 Å². The maximum absolute atomic E-state index is 12.1. The van der Waals surface area contributed by atoms with Crippen molar-refractivity contribution >= 4 is 5.97 Å². The minimum atomic E-state index is -1.44. The second kappa shape index (κ2) is 5.43. The SMILES string of the molecule is COc1c(C(=O)O)[nH]c(=O)c(Cc2ccccc2)[n+]1[O-]. The molecule has 0 saturated carbocycles. The minimum Gasteiger partial charge on any atom is -0.616 e. The molecule has 0 aliphatic heterocycles. The molecule has 2 rings (SSSR count). The molecule has 20 heavy (non-hydrogen) atoms. The van der Waals surface area contributed by atoms with Gasteiger partial charge in [0.05, 0.1) is 13.5 Å². The largest absolute Gasteiger partial charge is 0.616 e. The highest BCUT2D eigenvalue weighted by molar-refractivity contribution is 5.87. The van der Waals surface area contributed by atoms with Gasteiger partial charge in [0.1, 0.15) is 0 Å². The molecule has 1 heterocycles. The van der Waals surface area contributed by atoms with E-state index in [0.717, 1.165) is 5.56 Å². The molecule has 0 aliphatic rings. The summed E-state index contributed by atoms with van der Waals surface area (Å²) < 4.78 is 4.99. The lowest BCUT2D eigenvalue weighted by Gasteiger charge is -2.09. The summed E-state index contributed by atoms with van der Waals surface area (Å²) in [4.78, 5) is 24.9. The third-order valence-corrected chi connectivity index (χ3v) is 2.77. The molecule has 0 amide bonds. The van der Waals surface area contributed by atoms with Crippen molar-refractivity contribution in [2.24, 2.45) is 0 Å². The number of carboxylic acids is 1. The molecular formula is C13H12N2O5. The zero-order valence-corrected chi connectivity index (χ0v) is 10.6. The number of hydrogen-bond acceptors (Lipinski definition) is 4. The number of hydrogen-bond donors (Lipinski definition) is 2. The number of methoxy groups -OCH3 is 1. The Morgan fingerprint density at radius 2 is 2.05 bits per heavy atom. The van der Waals surface area contributed by atoms with Gasteiger partial charge in [-0.05, 0) is 5.56 Å². The number of nitrogens with zero attached hydrogens (tertiary/aromatic N) is 1. The van der Waals surface area contributed by atoms with Crippen LogP contribution < -0.4 is 15.0 Å². The predicted molar refractivity (Wildman–Crippen MR) is 68.8 cm³/mol. The van der Waals surface area contributed by atoms with Gasteiger partial charge in [-0.15, -0.1) is 4.73 Å². The maximum atomic E-state index is 12.1. The van der Waals surface area contributed by atoms with Crippen LogP contribution in [0.1, 0.15) is 21.7 Å². The van der Waals surface area contributed by atoms with Crippen LogP contribution in [0.4, 0.5) is 0 Å². The Morgan fingerprint density at radius 3 is 2.60 bits per heavy atom. The standard InChI is InChI=1S/C13H12N2O5/c1-20-12-10(13(17)18)14-11(16)9(15(12)19)7-8-5-3-2-4-6-8/h2-6H,7H2,1H3,(H,14,16)(H,17,18). The van der Waals surface area contributed by atoms with Gasteiger partial charge in [0.15, 0.2) is 0 Å². The summed E-state index contributed by atoms with van der Waals surface area (Å²) in [5, 5.41) is 21.0. The van der Waals surface area contributed by atoms with Crippen LogP contribution in [0.15, 0.2) is 35.1 Å². The molecular weight excluding hydrogens is 264 g/mol. The van der Waals surface area contributed by atoms with Crippen molar-refractivity contribution in [3.05, 3.63) is 62.8 Å². The molecule has 0 spiro atoms. The van der Waals surface area contributed by atoms with Crippen molar-refractivity contribution in [3.63, 3.8) is 0 Å². The molecule has 104 valence electrons. The summed E-state index contributed by atoms with van der Waals surface area (Å²) >= 11 is 0. The van der Waals surface area contributed by atoms with Gasteiger partial charge in [-0.2, -0.15) is 0 Å². The molecule has 0 unspecified atom stereocenters. The van der Waals surface area contributed by atoms with Gasteiger partial charge in [0, 0.05) is 0 Å². The van der Waals surface area contributed by atoms with Crippen molar-refractivity contribution in [1.29, 1.82) is 0 Å². The number of H-pyrrole nitrogens is 1. The smallest absolute Gasteiger partial charge is 0.411 e. The second-order valence-electron chi connectivity index (χ2n) is 4.05. The molecule has 0 saturated heterocycles. The summed E-state index contributed by atoms with van der Waals surface area (Å²) in [7, 11) is 1.17. The number of rotatable bonds is 4. The molecule has 1 aromatic heterocycles. The van der Waals surface area contributed by atoms with Gasteiger partial charge in [-0.1, -0.05) is 30.3 Å². The van der Waals surface area contributed by atoms with Gasteiger partial charge < -0.3 is 20.0 Å². The fourth-order valence-electron chi connectivity index (χ4n) is 1.83. The van der Waals surface area contributed by atoms with Crippen molar-refractivity contribution in [2.45, 2.75) is 6.42 Å². The molecule has 2 aromatic rings. The lowest BCUT2D eigenvalue weighted by molar-refractivity contribution is -0.621. The number of aromatic nitrogens is 2. The zero-order chi connectivity index (χ0) is 14.7. The molecule has 0 fully saturated rings. The van der Waals surface area contributed by atoms with Gasteiger partial charge in [-0.3, -0.25) is 4.79 Å². The van der Waals surface area contributed by atoms with E-state index in [1.807, 2.05) is 6.07 Å².